The maximum atomic E-state index is 5.60. The molecule has 0 unspecified atom stereocenters. The Kier molecular flexibility index (Phi) is 3.55. The molecule has 6 heteroatoms. The normalized spacial score (nSPS) is 14.3. The average Bonchev–Trinajstić information content (AvgIpc) is 3.24. The monoisotopic (exact) mass is 287 g/mol. The Hall–Kier alpha value is -2.08. The molecule has 1 saturated carbocycles. The van der Waals surface area contributed by atoms with Crippen molar-refractivity contribution in [1.29, 1.82) is 0 Å². The molecule has 1 aliphatic carbocycles. The summed E-state index contributed by atoms with van der Waals surface area (Å²) in [5.74, 6) is 9.53. The van der Waals surface area contributed by atoms with Crippen LogP contribution in [0.5, 0.6) is 0 Å². The number of hydrogen-bond acceptors (Lipinski definition) is 6. The van der Waals surface area contributed by atoms with Crippen molar-refractivity contribution in [3.63, 3.8) is 0 Å². The molecule has 0 bridgehead atoms. The van der Waals surface area contributed by atoms with Crippen LogP contribution in [0.15, 0.2) is 16.7 Å². The lowest BCUT2D eigenvalue weighted by molar-refractivity contribution is 0.529. The Morgan fingerprint density at radius 1 is 1.38 bits per heavy atom. The zero-order valence-corrected chi connectivity index (χ0v) is 12.7. The zero-order valence-electron chi connectivity index (χ0n) is 12.7. The molecule has 112 valence electrons. The van der Waals surface area contributed by atoms with E-state index in [0.29, 0.717) is 11.7 Å². The average molecular weight is 287 g/mol. The molecule has 2 heterocycles. The maximum Gasteiger partial charge on any atom is 0.148 e. The number of hydrogen-bond donors (Lipinski definition) is 2. The van der Waals surface area contributed by atoms with Gasteiger partial charge in [0.15, 0.2) is 0 Å². The summed E-state index contributed by atoms with van der Waals surface area (Å²) in [5.41, 5.74) is 4.81. The van der Waals surface area contributed by atoms with Crippen LogP contribution in [0.2, 0.25) is 0 Å². The number of nitrogens with two attached hydrogens (primary N) is 1. The molecule has 1 fully saturated rings. The Bertz CT molecular complexity index is 648. The molecule has 2 aromatic heterocycles. The van der Waals surface area contributed by atoms with Crippen LogP contribution in [0.1, 0.15) is 41.5 Å². The van der Waals surface area contributed by atoms with Crippen molar-refractivity contribution in [3.05, 3.63) is 35.0 Å². The van der Waals surface area contributed by atoms with Crippen LogP contribution in [-0.4, -0.2) is 17.0 Å². The molecule has 3 N–H and O–H groups in total. The van der Waals surface area contributed by atoms with E-state index in [9.17, 15) is 0 Å². The number of aromatic nitrogens is 2. The number of furan rings is 1. The van der Waals surface area contributed by atoms with Gasteiger partial charge in [-0.15, -0.1) is 0 Å². The van der Waals surface area contributed by atoms with Crippen LogP contribution in [0.4, 0.5) is 11.6 Å². The molecular formula is C15H21N5O. The molecule has 0 amide bonds. The molecule has 0 spiro atoms. The van der Waals surface area contributed by atoms with Crippen molar-refractivity contribution in [2.45, 2.75) is 39.2 Å². The lowest BCUT2D eigenvalue weighted by atomic mass is 10.2. The van der Waals surface area contributed by atoms with Crippen molar-refractivity contribution in [3.8, 4) is 0 Å². The van der Waals surface area contributed by atoms with Crippen molar-refractivity contribution in [2.24, 2.45) is 5.84 Å². The van der Waals surface area contributed by atoms with E-state index in [-0.39, 0.29) is 0 Å². The van der Waals surface area contributed by atoms with Gasteiger partial charge in [-0.2, -0.15) is 0 Å². The largest absolute Gasteiger partial charge is 0.469 e. The zero-order chi connectivity index (χ0) is 15.0. The highest BCUT2D eigenvalue weighted by atomic mass is 16.3. The fourth-order valence-corrected chi connectivity index (χ4v) is 2.46. The number of anilines is 2. The summed E-state index contributed by atoms with van der Waals surface area (Å²) in [6, 6.07) is 1.99. The number of nitrogens with zero attached hydrogens (tertiary/aromatic N) is 3. The molecule has 6 nitrogen and oxygen atoms in total. The maximum absolute atomic E-state index is 5.60. The van der Waals surface area contributed by atoms with Crippen molar-refractivity contribution in [2.75, 3.05) is 17.4 Å². The number of nitrogens with one attached hydrogen (secondary N) is 1. The van der Waals surface area contributed by atoms with Crippen LogP contribution in [0.3, 0.4) is 0 Å². The number of rotatable bonds is 5. The highest BCUT2D eigenvalue weighted by Crippen LogP contribution is 2.40. The Labute approximate surface area is 124 Å². The fourth-order valence-electron chi connectivity index (χ4n) is 2.46. The third-order valence-electron chi connectivity index (χ3n) is 3.95. The minimum absolute atomic E-state index is 0.487. The summed E-state index contributed by atoms with van der Waals surface area (Å²) in [6.45, 7) is 4.70. The van der Waals surface area contributed by atoms with Crippen LogP contribution in [-0.2, 0) is 6.54 Å². The molecule has 21 heavy (non-hydrogen) atoms. The van der Waals surface area contributed by atoms with Gasteiger partial charge in [0.05, 0.1) is 6.26 Å². The van der Waals surface area contributed by atoms with Gasteiger partial charge in [0, 0.05) is 30.6 Å². The van der Waals surface area contributed by atoms with Crippen LogP contribution in [0, 0.1) is 13.8 Å². The smallest absolute Gasteiger partial charge is 0.148 e. The van der Waals surface area contributed by atoms with Crippen molar-refractivity contribution in [1.82, 2.24) is 9.97 Å². The second kappa shape index (κ2) is 5.37. The van der Waals surface area contributed by atoms with Gasteiger partial charge in [-0.05, 0) is 32.8 Å². The van der Waals surface area contributed by atoms with E-state index in [1.165, 1.54) is 0 Å². The first-order valence-electron chi connectivity index (χ1n) is 7.19. The summed E-state index contributed by atoms with van der Waals surface area (Å²) in [6.07, 6.45) is 4.04. The number of aryl methyl sites for hydroxylation is 1. The van der Waals surface area contributed by atoms with Crippen molar-refractivity contribution >= 4 is 11.6 Å². The van der Waals surface area contributed by atoms with Crippen molar-refractivity contribution < 1.29 is 4.42 Å². The predicted octanol–water partition coefficient (Wildman–Crippen LogP) is 2.49. The number of nitrogen functional groups attached to an aromatic ring is 1. The van der Waals surface area contributed by atoms with E-state index in [4.69, 9.17) is 15.2 Å². The summed E-state index contributed by atoms with van der Waals surface area (Å²) >= 11 is 0. The highest BCUT2D eigenvalue weighted by molar-refractivity contribution is 5.58. The fraction of sp³-hybridized carbons (Fsp3) is 0.467. The van der Waals surface area contributed by atoms with Gasteiger partial charge in [0.1, 0.15) is 23.2 Å². The minimum Gasteiger partial charge on any atom is -0.469 e. The van der Waals surface area contributed by atoms with Gasteiger partial charge >= 0.3 is 0 Å². The molecule has 0 aliphatic heterocycles. The van der Waals surface area contributed by atoms with E-state index in [1.54, 1.807) is 6.26 Å². The summed E-state index contributed by atoms with van der Waals surface area (Å²) in [5, 5.41) is 0. The molecule has 0 radical (unpaired) electrons. The van der Waals surface area contributed by atoms with Crippen LogP contribution >= 0.6 is 0 Å². The first-order chi connectivity index (χ1) is 10.1. The Balaban J connectivity index is 1.92. The third-order valence-corrected chi connectivity index (χ3v) is 3.95. The topological polar surface area (TPSA) is 80.2 Å². The van der Waals surface area contributed by atoms with E-state index >= 15 is 0 Å². The highest BCUT2D eigenvalue weighted by Gasteiger charge is 2.28. The molecule has 0 saturated heterocycles. The molecule has 3 rings (SSSR count). The SMILES string of the molecule is Cc1occc1CN(C)c1nc(C2CC2)nc(NN)c1C. The quantitative estimate of drug-likeness (QED) is 0.649. The predicted molar refractivity (Wildman–Crippen MR) is 82.1 cm³/mol. The molecular weight excluding hydrogens is 266 g/mol. The second-order valence-electron chi connectivity index (χ2n) is 5.66. The summed E-state index contributed by atoms with van der Waals surface area (Å²) in [4.78, 5) is 11.4. The Morgan fingerprint density at radius 2 is 2.14 bits per heavy atom. The van der Waals surface area contributed by atoms with Gasteiger partial charge in [0.25, 0.3) is 0 Å². The van der Waals surface area contributed by atoms with Gasteiger partial charge in [-0.25, -0.2) is 15.8 Å². The number of hydrazine groups is 1. The Morgan fingerprint density at radius 3 is 2.71 bits per heavy atom. The first kappa shape index (κ1) is 13.9. The first-order valence-corrected chi connectivity index (χ1v) is 7.19. The van der Waals surface area contributed by atoms with Crippen LogP contribution < -0.4 is 16.2 Å². The molecule has 1 aliphatic rings. The summed E-state index contributed by atoms with van der Waals surface area (Å²) < 4.78 is 5.36. The minimum atomic E-state index is 0.487. The standard InChI is InChI=1S/C15H21N5O/c1-9-13(19-16)17-14(11-4-5-11)18-15(9)20(3)8-12-6-7-21-10(12)2/h6-7,11H,4-5,8,16H2,1-3H3,(H,17,18,19). The molecule has 0 atom stereocenters. The van der Waals surface area contributed by atoms with Gasteiger partial charge < -0.3 is 14.7 Å². The van der Waals surface area contributed by atoms with E-state index in [1.807, 2.05) is 27.0 Å². The lowest BCUT2D eigenvalue weighted by Gasteiger charge is -2.22. The second-order valence-corrected chi connectivity index (χ2v) is 5.66. The van der Waals surface area contributed by atoms with E-state index < -0.39 is 0 Å². The van der Waals surface area contributed by atoms with E-state index in [2.05, 4.69) is 15.3 Å². The molecule has 0 aromatic carbocycles. The van der Waals surface area contributed by atoms with Gasteiger partial charge in [-0.1, -0.05) is 0 Å². The molecule has 2 aromatic rings. The lowest BCUT2D eigenvalue weighted by Crippen LogP contribution is -2.22. The van der Waals surface area contributed by atoms with Crippen LogP contribution in [0.25, 0.3) is 0 Å². The summed E-state index contributed by atoms with van der Waals surface area (Å²) in [7, 11) is 2.03. The van der Waals surface area contributed by atoms with Gasteiger partial charge in [-0.3, -0.25) is 0 Å². The third kappa shape index (κ3) is 2.71. The van der Waals surface area contributed by atoms with Gasteiger partial charge in [0.2, 0.25) is 0 Å². The van der Waals surface area contributed by atoms with E-state index in [0.717, 1.165) is 47.9 Å².